The van der Waals surface area contributed by atoms with Crippen molar-refractivity contribution in [2.45, 2.75) is 65.3 Å². The Morgan fingerprint density at radius 2 is 1.88 bits per heavy atom. The van der Waals surface area contributed by atoms with Crippen LogP contribution in [-0.2, 0) is 17.8 Å². The molecular formula is C19H27NO4. The third-order valence-corrected chi connectivity index (χ3v) is 3.73. The molecule has 0 fully saturated rings. The molecule has 0 radical (unpaired) electrons. The molecule has 0 spiro atoms. The van der Waals surface area contributed by atoms with Gasteiger partial charge in [-0.3, -0.25) is 4.57 Å². The molecule has 0 atom stereocenters. The van der Waals surface area contributed by atoms with Crippen molar-refractivity contribution in [2.24, 2.45) is 0 Å². The zero-order valence-electron chi connectivity index (χ0n) is 15.1. The van der Waals surface area contributed by atoms with Gasteiger partial charge >= 0.3 is 6.09 Å². The molecule has 24 heavy (non-hydrogen) atoms. The van der Waals surface area contributed by atoms with Crippen molar-refractivity contribution in [3.05, 3.63) is 35.5 Å². The fourth-order valence-electron chi connectivity index (χ4n) is 2.59. The van der Waals surface area contributed by atoms with E-state index in [0.29, 0.717) is 18.4 Å². The summed E-state index contributed by atoms with van der Waals surface area (Å²) < 4.78 is 6.90. The van der Waals surface area contributed by atoms with Crippen LogP contribution in [-0.4, -0.2) is 32.1 Å². The molecule has 0 unspecified atom stereocenters. The summed E-state index contributed by atoms with van der Waals surface area (Å²) >= 11 is 0. The maximum atomic E-state index is 12.4. The van der Waals surface area contributed by atoms with Crippen LogP contribution < -0.4 is 0 Å². The van der Waals surface area contributed by atoms with E-state index < -0.39 is 17.3 Å². The fraction of sp³-hybridized carbons (Fsp3) is 0.526. The van der Waals surface area contributed by atoms with Crippen molar-refractivity contribution in [2.75, 3.05) is 0 Å². The van der Waals surface area contributed by atoms with E-state index in [2.05, 4.69) is 0 Å². The number of ether oxygens (including phenoxy) is 1. The van der Waals surface area contributed by atoms with Gasteiger partial charge in [-0.1, -0.05) is 6.07 Å². The average molecular weight is 333 g/mol. The molecule has 1 aromatic carbocycles. The van der Waals surface area contributed by atoms with E-state index in [4.69, 9.17) is 4.74 Å². The first-order valence-electron chi connectivity index (χ1n) is 8.19. The number of benzene rings is 1. The summed E-state index contributed by atoms with van der Waals surface area (Å²) in [5, 5.41) is 20.4. The van der Waals surface area contributed by atoms with E-state index >= 15 is 0 Å². The number of aromatic nitrogens is 1. The van der Waals surface area contributed by atoms with Gasteiger partial charge in [0.2, 0.25) is 0 Å². The van der Waals surface area contributed by atoms with Crippen molar-refractivity contribution in [1.29, 1.82) is 0 Å². The second-order valence-electron chi connectivity index (χ2n) is 7.82. The standard InChI is InChI=1S/C19H27NO4/c1-18(2,3)24-17(22)20-9-7-15-14(6-8-19(4,5)23)10-13(12-21)11-16(15)20/h7,9-11,21,23H,6,8,12H2,1-5H3. The van der Waals surface area contributed by atoms with Crippen LogP contribution in [0.5, 0.6) is 0 Å². The maximum absolute atomic E-state index is 12.4. The summed E-state index contributed by atoms with van der Waals surface area (Å²) in [6.07, 6.45) is 2.50. The summed E-state index contributed by atoms with van der Waals surface area (Å²) in [6, 6.07) is 5.60. The predicted octanol–water partition coefficient (Wildman–Crippen LogP) is 3.62. The lowest BCUT2D eigenvalue weighted by Gasteiger charge is -2.20. The van der Waals surface area contributed by atoms with Gasteiger partial charge in [-0.15, -0.1) is 0 Å². The minimum atomic E-state index is -0.769. The smallest absolute Gasteiger partial charge is 0.418 e. The number of carbonyl (C=O) groups excluding carboxylic acids is 1. The molecule has 132 valence electrons. The maximum Gasteiger partial charge on any atom is 0.418 e. The molecule has 0 aliphatic carbocycles. The molecule has 0 aliphatic rings. The third kappa shape index (κ3) is 4.58. The first kappa shape index (κ1) is 18.5. The van der Waals surface area contributed by atoms with Crippen molar-refractivity contribution in [1.82, 2.24) is 4.57 Å². The van der Waals surface area contributed by atoms with Gasteiger partial charge in [0.05, 0.1) is 17.7 Å². The molecule has 5 heteroatoms. The van der Waals surface area contributed by atoms with Crippen LogP contribution >= 0.6 is 0 Å². The molecule has 0 saturated heterocycles. The molecular weight excluding hydrogens is 306 g/mol. The number of aryl methyl sites for hydroxylation is 1. The Bertz CT molecular complexity index is 732. The minimum Gasteiger partial charge on any atom is -0.443 e. The highest BCUT2D eigenvalue weighted by atomic mass is 16.6. The van der Waals surface area contributed by atoms with E-state index in [0.717, 1.165) is 16.5 Å². The Morgan fingerprint density at radius 3 is 2.42 bits per heavy atom. The summed E-state index contributed by atoms with van der Waals surface area (Å²) in [7, 11) is 0. The molecule has 2 aromatic rings. The quantitative estimate of drug-likeness (QED) is 0.896. The number of rotatable bonds is 4. The second-order valence-corrected chi connectivity index (χ2v) is 7.82. The number of carbonyl (C=O) groups is 1. The monoisotopic (exact) mass is 333 g/mol. The van der Waals surface area contributed by atoms with Gasteiger partial charge < -0.3 is 14.9 Å². The molecule has 5 nitrogen and oxygen atoms in total. The van der Waals surface area contributed by atoms with Crippen molar-refractivity contribution < 1.29 is 19.7 Å². The van der Waals surface area contributed by atoms with Gasteiger partial charge in [-0.05, 0) is 70.7 Å². The lowest BCUT2D eigenvalue weighted by Crippen LogP contribution is -2.26. The van der Waals surface area contributed by atoms with Crippen LogP contribution in [0.3, 0.4) is 0 Å². The van der Waals surface area contributed by atoms with Crippen LogP contribution in [0.4, 0.5) is 4.79 Å². The second kappa shape index (κ2) is 6.57. The Hall–Kier alpha value is -1.85. The van der Waals surface area contributed by atoms with Gasteiger partial charge in [0.25, 0.3) is 0 Å². The number of nitrogens with zero attached hydrogens (tertiary/aromatic N) is 1. The van der Waals surface area contributed by atoms with Gasteiger partial charge in [0.15, 0.2) is 0 Å². The van der Waals surface area contributed by atoms with Crippen LogP contribution in [0.1, 0.15) is 52.2 Å². The highest BCUT2D eigenvalue weighted by molar-refractivity contribution is 5.92. The molecule has 0 aliphatic heterocycles. The summed E-state index contributed by atoms with van der Waals surface area (Å²) in [6.45, 7) is 8.91. The average Bonchev–Trinajstić information content (AvgIpc) is 2.85. The van der Waals surface area contributed by atoms with E-state index in [1.807, 2.05) is 32.9 Å². The number of hydrogen-bond acceptors (Lipinski definition) is 4. The van der Waals surface area contributed by atoms with Crippen LogP contribution in [0.25, 0.3) is 10.9 Å². The summed E-state index contributed by atoms with van der Waals surface area (Å²) in [5.41, 5.74) is 1.10. The third-order valence-electron chi connectivity index (χ3n) is 3.73. The molecule has 1 heterocycles. The normalized spacial score (nSPS) is 12.6. The van der Waals surface area contributed by atoms with Crippen molar-refractivity contribution in [3.63, 3.8) is 0 Å². The SMILES string of the molecule is CC(C)(O)CCc1cc(CO)cc2c1ccn2C(=O)OC(C)(C)C. The van der Waals surface area contributed by atoms with Gasteiger partial charge in [-0.25, -0.2) is 4.79 Å². The molecule has 1 aromatic heterocycles. The molecule has 0 saturated carbocycles. The Balaban J connectivity index is 2.45. The van der Waals surface area contributed by atoms with Gasteiger partial charge in [0.1, 0.15) is 5.60 Å². The van der Waals surface area contributed by atoms with Crippen LogP contribution in [0.15, 0.2) is 24.4 Å². The highest BCUT2D eigenvalue weighted by Gasteiger charge is 2.20. The highest BCUT2D eigenvalue weighted by Crippen LogP contribution is 2.26. The van der Waals surface area contributed by atoms with Crippen molar-refractivity contribution >= 4 is 17.0 Å². The molecule has 0 bridgehead atoms. The number of aliphatic hydroxyl groups is 2. The van der Waals surface area contributed by atoms with E-state index in [-0.39, 0.29) is 6.61 Å². The van der Waals surface area contributed by atoms with E-state index in [9.17, 15) is 15.0 Å². The lowest BCUT2D eigenvalue weighted by atomic mass is 9.95. The number of hydrogen-bond donors (Lipinski definition) is 2. The first-order chi connectivity index (χ1) is 11.0. The zero-order chi connectivity index (χ0) is 18.1. The van der Waals surface area contributed by atoms with Crippen molar-refractivity contribution in [3.8, 4) is 0 Å². The Morgan fingerprint density at radius 1 is 1.21 bits per heavy atom. The number of fused-ring (bicyclic) bond motifs is 1. The Kier molecular flexibility index (Phi) is 5.06. The molecule has 2 rings (SSSR count). The van der Waals surface area contributed by atoms with E-state index in [1.165, 1.54) is 4.57 Å². The van der Waals surface area contributed by atoms with Crippen LogP contribution in [0, 0.1) is 0 Å². The predicted molar refractivity (Wildman–Crippen MR) is 94.1 cm³/mol. The molecule has 0 amide bonds. The Labute approximate surface area is 142 Å². The van der Waals surface area contributed by atoms with Crippen LogP contribution in [0.2, 0.25) is 0 Å². The van der Waals surface area contributed by atoms with Gasteiger partial charge in [-0.2, -0.15) is 0 Å². The lowest BCUT2D eigenvalue weighted by molar-refractivity contribution is 0.0544. The fourth-order valence-corrected chi connectivity index (χ4v) is 2.59. The minimum absolute atomic E-state index is 0.106. The largest absolute Gasteiger partial charge is 0.443 e. The topological polar surface area (TPSA) is 71.7 Å². The zero-order valence-corrected chi connectivity index (χ0v) is 15.1. The summed E-state index contributed by atoms with van der Waals surface area (Å²) in [5.74, 6) is 0. The molecule has 2 N–H and O–H groups in total. The van der Waals surface area contributed by atoms with Gasteiger partial charge in [0, 0.05) is 11.6 Å². The number of aliphatic hydroxyl groups excluding tert-OH is 1. The summed E-state index contributed by atoms with van der Waals surface area (Å²) in [4.78, 5) is 12.4. The first-order valence-corrected chi connectivity index (χ1v) is 8.19. The van der Waals surface area contributed by atoms with E-state index in [1.54, 1.807) is 26.1 Å².